The second-order valence-corrected chi connectivity index (χ2v) is 16.1. The fraction of sp³-hybridized carbons (Fsp3) is 0.625. The standard InChI is InChI=1S/C40H62N8O15/c1-18(2)15-24(41)39(61)48-14-10-13-27(48)34(56)45-29(19(3)49)35(57)42-25(17-28(53)54)33(55)44-31(21(5)51)37(59)47-32(22(6)52)38(60)46-30(20(4)50)36(58)43-26(40(62)63)16-23-11-8-7-9-12-23/h7-9,11-12,18-22,24-27,29-32,49-52H,10,13-17,41H2,1-6H3,(H,42,57)(H,43,58)(H,44,55)(H,45,56)(H,46,60)(H,47,59)(H,53,54)(H,62,63)/t19-,20-,21-,22-,24+,25+,26+,27+,29+,30+,31+,32+/m1/s1. The second kappa shape index (κ2) is 24.8. The van der Waals surface area contributed by atoms with Gasteiger partial charge in [0, 0.05) is 13.0 Å². The molecule has 1 fully saturated rings. The van der Waals surface area contributed by atoms with E-state index in [1.54, 1.807) is 30.3 Å². The Balaban J connectivity index is 2.22. The Hall–Kier alpha value is -5.75. The Bertz CT molecular complexity index is 1780. The largest absolute Gasteiger partial charge is 0.481 e. The minimum atomic E-state index is -2.00. The van der Waals surface area contributed by atoms with Crippen LogP contribution in [-0.4, -0.2) is 168 Å². The predicted molar refractivity (Wildman–Crippen MR) is 221 cm³/mol. The minimum absolute atomic E-state index is 0.0838. The maximum absolute atomic E-state index is 13.5. The van der Waals surface area contributed by atoms with Crippen LogP contribution in [-0.2, 0) is 49.6 Å². The topological polar surface area (TPSA) is 376 Å². The Morgan fingerprint density at radius 2 is 1.06 bits per heavy atom. The average molecular weight is 895 g/mol. The van der Waals surface area contributed by atoms with E-state index in [1.165, 1.54) is 4.90 Å². The van der Waals surface area contributed by atoms with Crippen LogP contribution >= 0.6 is 0 Å². The molecule has 1 aromatic rings. The van der Waals surface area contributed by atoms with Crippen LogP contribution in [0.4, 0.5) is 0 Å². The number of hydrogen-bond donors (Lipinski definition) is 13. The zero-order chi connectivity index (χ0) is 47.9. The maximum Gasteiger partial charge on any atom is 0.326 e. The molecule has 352 valence electrons. The first-order valence-electron chi connectivity index (χ1n) is 20.4. The predicted octanol–water partition coefficient (Wildman–Crippen LogP) is -4.42. The molecule has 0 radical (unpaired) electrons. The van der Waals surface area contributed by atoms with E-state index in [9.17, 15) is 73.8 Å². The van der Waals surface area contributed by atoms with Crippen LogP contribution in [0.2, 0.25) is 0 Å². The molecule has 1 saturated heterocycles. The molecular formula is C40H62N8O15. The molecule has 0 aliphatic carbocycles. The number of nitrogens with two attached hydrogens (primary N) is 1. The minimum Gasteiger partial charge on any atom is -0.481 e. The smallest absolute Gasteiger partial charge is 0.326 e. The third-order valence-electron chi connectivity index (χ3n) is 10.0. The van der Waals surface area contributed by atoms with Crippen LogP contribution in [0.5, 0.6) is 0 Å². The van der Waals surface area contributed by atoms with Gasteiger partial charge in [0.2, 0.25) is 41.4 Å². The van der Waals surface area contributed by atoms with Gasteiger partial charge in [-0.2, -0.15) is 0 Å². The highest BCUT2D eigenvalue weighted by molar-refractivity contribution is 5.99. The Labute approximate surface area is 363 Å². The first-order valence-corrected chi connectivity index (χ1v) is 20.4. The van der Waals surface area contributed by atoms with E-state index in [4.69, 9.17) is 5.73 Å². The number of aliphatic hydroxyl groups is 4. The zero-order valence-corrected chi connectivity index (χ0v) is 36.0. The summed E-state index contributed by atoms with van der Waals surface area (Å²) in [6.45, 7) is 8.27. The lowest BCUT2D eigenvalue weighted by atomic mass is 10.0. The Morgan fingerprint density at radius 3 is 1.49 bits per heavy atom. The summed E-state index contributed by atoms with van der Waals surface area (Å²) < 4.78 is 0. The first-order chi connectivity index (χ1) is 29.3. The molecule has 1 heterocycles. The van der Waals surface area contributed by atoms with Crippen LogP contribution in [0.1, 0.15) is 72.8 Å². The highest BCUT2D eigenvalue weighted by Crippen LogP contribution is 2.20. The van der Waals surface area contributed by atoms with Crippen molar-refractivity contribution in [2.75, 3.05) is 6.54 Å². The molecule has 7 amide bonds. The number of aliphatic hydroxyl groups excluding tert-OH is 4. The molecule has 0 spiro atoms. The first kappa shape index (κ1) is 53.4. The molecule has 0 bridgehead atoms. The molecule has 0 unspecified atom stereocenters. The summed E-state index contributed by atoms with van der Waals surface area (Å²) in [5, 5.41) is 74.1. The number of benzene rings is 1. The summed E-state index contributed by atoms with van der Waals surface area (Å²) in [6, 6.07) is -4.72. The summed E-state index contributed by atoms with van der Waals surface area (Å²) in [4.78, 5) is 118. The number of carbonyl (C=O) groups is 9. The van der Waals surface area contributed by atoms with Crippen molar-refractivity contribution in [3.63, 3.8) is 0 Å². The maximum atomic E-state index is 13.5. The van der Waals surface area contributed by atoms with Gasteiger partial charge in [-0.25, -0.2) is 4.79 Å². The van der Waals surface area contributed by atoms with Crippen molar-refractivity contribution in [3.8, 4) is 0 Å². The molecule has 1 aliphatic rings. The molecule has 1 aliphatic heterocycles. The van der Waals surface area contributed by atoms with Gasteiger partial charge in [0.05, 0.1) is 36.9 Å². The molecule has 23 heteroatoms. The summed E-state index contributed by atoms with van der Waals surface area (Å²) in [7, 11) is 0. The lowest BCUT2D eigenvalue weighted by Gasteiger charge is -2.30. The van der Waals surface area contributed by atoms with Crippen molar-refractivity contribution in [2.24, 2.45) is 11.7 Å². The number of nitrogens with zero attached hydrogens (tertiary/aromatic N) is 1. The van der Waals surface area contributed by atoms with Crippen molar-refractivity contribution in [2.45, 2.75) is 146 Å². The summed E-state index contributed by atoms with van der Waals surface area (Å²) in [5.41, 5.74) is 6.61. The quantitative estimate of drug-likeness (QED) is 0.0466. The van der Waals surface area contributed by atoms with Crippen LogP contribution < -0.4 is 37.6 Å². The van der Waals surface area contributed by atoms with Crippen molar-refractivity contribution < 1.29 is 73.8 Å². The average Bonchev–Trinajstić information content (AvgIpc) is 3.68. The van der Waals surface area contributed by atoms with Crippen LogP contribution in [0.25, 0.3) is 0 Å². The van der Waals surface area contributed by atoms with Gasteiger partial charge in [0.15, 0.2) is 0 Å². The number of nitrogens with one attached hydrogen (secondary N) is 6. The number of aliphatic carboxylic acids is 2. The molecule has 2 rings (SSSR count). The van der Waals surface area contributed by atoms with Gasteiger partial charge in [0.25, 0.3) is 0 Å². The SMILES string of the molecule is CC(C)C[C@H](N)C(=O)N1CCC[C@H]1C(=O)N[C@H](C(=O)N[C@@H](CC(=O)O)C(=O)N[C@H](C(=O)N[C@H](C(=O)N[C@H](C(=O)N[C@@H](Cc1ccccc1)C(=O)O)[C@@H](C)O)[C@@H](C)O)[C@@H](C)O)[C@@H](C)O. The molecule has 63 heavy (non-hydrogen) atoms. The number of carboxylic acid groups (broad SMARTS) is 2. The molecule has 12 atom stereocenters. The van der Waals surface area contributed by atoms with E-state index in [0.29, 0.717) is 18.4 Å². The van der Waals surface area contributed by atoms with Crippen LogP contribution in [0.15, 0.2) is 30.3 Å². The van der Waals surface area contributed by atoms with Gasteiger partial charge in [0.1, 0.15) is 42.3 Å². The van der Waals surface area contributed by atoms with Crippen molar-refractivity contribution >= 4 is 53.3 Å². The van der Waals surface area contributed by atoms with E-state index in [1.807, 2.05) is 13.8 Å². The highest BCUT2D eigenvalue weighted by atomic mass is 16.4. The number of rotatable bonds is 24. The van der Waals surface area contributed by atoms with E-state index >= 15 is 0 Å². The number of likely N-dealkylation sites (tertiary alicyclic amines) is 1. The Kier molecular flexibility index (Phi) is 21.0. The zero-order valence-electron chi connectivity index (χ0n) is 36.0. The third-order valence-corrected chi connectivity index (χ3v) is 10.0. The van der Waals surface area contributed by atoms with Crippen LogP contribution in [0.3, 0.4) is 0 Å². The molecule has 14 N–H and O–H groups in total. The van der Waals surface area contributed by atoms with Gasteiger partial charge in [-0.3, -0.25) is 38.4 Å². The normalized spacial score (nSPS) is 19.0. The van der Waals surface area contributed by atoms with Gasteiger partial charge in [-0.05, 0) is 58.4 Å². The van der Waals surface area contributed by atoms with E-state index in [0.717, 1.165) is 27.7 Å². The summed E-state index contributed by atoms with van der Waals surface area (Å²) in [5.74, 6) is -10.6. The van der Waals surface area contributed by atoms with Crippen molar-refractivity contribution in [1.29, 1.82) is 0 Å². The summed E-state index contributed by atoms with van der Waals surface area (Å²) >= 11 is 0. The fourth-order valence-corrected chi connectivity index (χ4v) is 6.69. The van der Waals surface area contributed by atoms with E-state index in [2.05, 4.69) is 31.9 Å². The van der Waals surface area contributed by atoms with E-state index in [-0.39, 0.29) is 25.3 Å². The monoisotopic (exact) mass is 894 g/mol. The molecule has 23 nitrogen and oxygen atoms in total. The molecule has 0 aromatic heterocycles. The number of amides is 7. The van der Waals surface area contributed by atoms with Crippen molar-refractivity contribution in [3.05, 3.63) is 35.9 Å². The molecule has 0 saturated carbocycles. The Morgan fingerprint density at radius 1 is 0.635 bits per heavy atom. The molecular weight excluding hydrogens is 832 g/mol. The fourth-order valence-electron chi connectivity index (χ4n) is 6.69. The van der Waals surface area contributed by atoms with Gasteiger partial charge >= 0.3 is 11.9 Å². The number of carbonyl (C=O) groups excluding carboxylic acids is 7. The highest BCUT2D eigenvalue weighted by Gasteiger charge is 2.41. The van der Waals surface area contributed by atoms with Crippen LogP contribution in [0, 0.1) is 5.92 Å². The van der Waals surface area contributed by atoms with Gasteiger partial charge < -0.3 is 73.2 Å². The lowest BCUT2D eigenvalue weighted by Crippen LogP contribution is -2.64. The lowest BCUT2D eigenvalue weighted by molar-refractivity contribution is -0.144. The van der Waals surface area contributed by atoms with Gasteiger partial charge in [-0.1, -0.05) is 44.2 Å². The van der Waals surface area contributed by atoms with Crippen molar-refractivity contribution in [1.82, 2.24) is 36.8 Å². The van der Waals surface area contributed by atoms with Gasteiger partial charge in [-0.15, -0.1) is 0 Å². The number of carboxylic acids is 2. The number of hydrogen-bond acceptors (Lipinski definition) is 14. The summed E-state index contributed by atoms with van der Waals surface area (Å²) in [6.07, 6.45) is -7.05. The molecule has 1 aromatic carbocycles. The third kappa shape index (κ3) is 16.5. The second-order valence-electron chi connectivity index (χ2n) is 16.1. The van der Waals surface area contributed by atoms with E-state index < -0.39 is 132 Å².